The summed E-state index contributed by atoms with van der Waals surface area (Å²) in [6.07, 6.45) is 13.9. The van der Waals surface area contributed by atoms with Gasteiger partial charge in [-0.3, -0.25) is 0 Å². The molecule has 6 heteroatoms. The Morgan fingerprint density at radius 1 is 1.21 bits per heavy atom. The lowest BCUT2D eigenvalue weighted by Gasteiger charge is -2.17. The second-order valence-electron chi connectivity index (χ2n) is 8.11. The van der Waals surface area contributed by atoms with Crippen LogP contribution in [0.4, 0.5) is 0 Å². The Labute approximate surface area is 213 Å². The van der Waals surface area contributed by atoms with E-state index in [2.05, 4.69) is 55.3 Å². The highest BCUT2D eigenvalue weighted by Gasteiger charge is 2.16. The van der Waals surface area contributed by atoms with Gasteiger partial charge in [-0.15, -0.1) is 11.3 Å². The van der Waals surface area contributed by atoms with Crippen LogP contribution in [0, 0.1) is 5.41 Å². The van der Waals surface area contributed by atoms with Gasteiger partial charge in [0.1, 0.15) is 5.71 Å². The molecule has 1 aromatic heterocycles. The minimum atomic E-state index is 0.514. The first-order chi connectivity index (χ1) is 16.6. The number of aromatic nitrogens is 1. The van der Waals surface area contributed by atoms with Crippen LogP contribution in [0.1, 0.15) is 123 Å². The summed E-state index contributed by atoms with van der Waals surface area (Å²) in [5, 5.41) is 26.7. The van der Waals surface area contributed by atoms with E-state index in [1.807, 2.05) is 26.2 Å². The molecule has 194 valence electrons. The topological polar surface area (TPSA) is 81.4 Å². The van der Waals surface area contributed by atoms with Crippen molar-refractivity contribution in [3.63, 3.8) is 0 Å². The number of oxime groups is 1. The lowest BCUT2D eigenvalue weighted by molar-refractivity contribution is 0.318. The summed E-state index contributed by atoms with van der Waals surface area (Å²) in [7, 11) is 0. The molecule has 1 aliphatic rings. The number of hydrogen-bond donors (Lipinski definition) is 3. The largest absolute Gasteiger partial charge is 0.411 e. The fourth-order valence-electron chi connectivity index (χ4n) is 3.89. The molecular weight excluding hydrogens is 440 g/mol. The normalized spacial score (nSPS) is 15.0. The summed E-state index contributed by atoms with van der Waals surface area (Å²) < 4.78 is 0. The fraction of sp³-hybridized carbons (Fsp3) is 0.679. The highest BCUT2D eigenvalue weighted by Crippen LogP contribution is 2.28. The molecule has 0 saturated carbocycles. The first kappa shape index (κ1) is 32.2. The summed E-state index contributed by atoms with van der Waals surface area (Å²) >= 11 is 1.68. The maximum atomic E-state index is 8.95. The van der Waals surface area contributed by atoms with Gasteiger partial charge in [-0.05, 0) is 70.0 Å². The van der Waals surface area contributed by atoms with Crippen molar-refractivity contribution in [3.05, 3.63) is 39.4 Å². The summed E-state index contributed by atoms with van der Waals surface area (Å²) in [5.41, 5.74) is 5.03. The third kappa shape index (κ3) is 11.6. The van der Waals surface area contributed by atoms with Crippen molar-refractivity contribution in [1.29, 1.82) is 5.41 Å². The Balaban J connectivity index is 0.000000633. The van der Waals surface area contributed by atoms with E-state index in [-0.39, 0.29) is 0 Å². The molecule has 0 amide bonds. The van der Waals surface area contributed by atoms with Crippen LogP contribution in [-0.4, -0.2) is 34.7 Å². The van der Waals surface area contributed by atoms with Crippen molar-refractivity contribution in [2.75, 3.05) is 13.1 Å². The molecule has 34 heavy (non-hydrogen) atoms. The van der Waals surface area contributed by atoms with Crippen LogP contribution in [-0.2, 0) is 0 Å². The van der Waals surface area contributed by atoms with Gasteiger partial charge in [0.05, 0.1) is 10.7 Å². The van der Waals surface area contributed by atoms with Gasteiger partial charge in [-0.1, -0.05) is 77.8 Å². The quantitative estimate of drug-likeness (QED) is 0.119. The monoisotopic (exact) mass is 490 g/mol. The van der Waals surface area contributed by atoms with E-state index in [0.29, 0.717) is 18.1 Å². The van der Waals surface area contributed by atoms with Crippen LogP contribution in [0.25, 0.3) is 0 Å². The van der Waals surface area contributed by atoms with Crippen molar-refractivity contribution < 1.29 is 5.21 Å². The van der Waals surface area contributed by atoms with Gasteiger partial charge in [0, 0.05) is 17.0 Å². The molecule has 0 bridgehead atoms. The SMILES string of the molecule is CC.CC/C=C\C1=C(CC)CCCC1=N.CCCC(CCNCC)c1nc(/C(CC)=N/O)cs1. The molecule has 0 aromatic carbocycles. The average molecular weight is 491 g/mol. The predicted molar refractivity (Wildman–Crippen MR) is 151 cm³/mol. The Bertz CT molecular complexity index is 764. The van der Waals surface area contributed by atoms with Gasteiger partial charge in [-0.2, -0.15) is 0 Å². The maximum absolute atomic E-state index is 8.95. The van der Waals surface area contributed by atoms with E-state index in [9.17, 15) is 0 Å². The fourth-order valence-corrected chi connectivity index (χ4v) is 4.89. The zero-order chi connectivity index (χ0) is 25.8. The zero-order valence-corrected chi connectivity index (χ0v) is 23.7. The molecule has 3 N–H and O–H groups in total. The van der Waals surface area contributed by atoms with E-state index >= 15 is 0 Å². The third-order valence-corrected chi connectivity index (χ3v) is 6.74. The number of thiazole rings is 1. The Morgan fingerprint density at radius 3 is 2.50 bits per heavy atom. The maximum Gasteiger partial charge on any atom is 0.106 e. The van der Waals surface area contributed by atoms with Crippen LogP contribution in [0.5, 0.6) is 0 Å². The number of allylic oxidation sites excluding steroid dienone is 4. The lowest BCUT2D eigenvalue weighted by atomic mass is 9.88. The summed E-state index contributed by atoms with van der Waals surface area (Å²) in [6.45, 7) is 16.7. The molecule has 5 nitrogen and oxygen atoms in total. The van der Waals surface area contributed by atoms with Gasteiger partial charge in [0.2, 0.25) is 0 Å². The van der Waals surface area contributed by atoms with Crippen molar-refractivity contribution in [3.8, 4) is 0 Å². The van der Waals surface area contributed by atoms with E-state index in [4.69, 9.17) is 10.6 Å². The van der Waals surface area contributed by atoms with Gasteiger partial charge in [0.25, 0.3) is 0 Å². The minimum Gasteiger partial charge on any atom is -0.411 e. The molecule has 0 spiro atoms. The Morgan fingerprint density at radius 2 is 1.94 bits per heavy atom. The van der Waals surface area contributed by atoms with Crippen molar-refractivity contribution >= 4 is 22.8 Å². The zero-order valence-electron chi connectivity index (χ0n) is 22.8. The first-order valence-electron chi connectivity index (χ1n) is 13.4. The van der Waals surface area contributed by atoms with E-state index in [0.717, 1.165) is 56.6 Å². The van der Waals surface area contributed by atoms with Gasteiger partial charge < -0.3 is 15.9 Å². The molecule has 1 aromatic rings. The summed E-state index contributed by atoms with van der Waals surface area (Å²) in [4.78, 5) is 4.65. The van der Waals surface area contributed by atoms with Crippen molar-refractivity contribution in [2.45, 2.75) is 112 Å². The molecule has 1 aliphatic carbocycles. The summed E-state index contributed by atoms with van der Waals surface area (Å²) in [6, 6.07) is 0. The second kappa shape index (κ2) is 20.6. The standard InChI is InChI=1S/C14H25N3OS.C12H19N.C2H6/c1-4-7-11(8-9-15-6-3)14-16-13(10-19-14)12(5-2)17-18;1-3-5-8-11-10(4-2)7-6-9-12(11)13;1-2/h10-11,15,18H,4-9H2,1-3H3;5,8,13H,3-4,6-7,9H2,1-2H3;1-2H3/b17-12+;8-5-,13-12?;. The lowest BCUT2D eigenvalue weighted by Crippen LogP contribution is -2.17. The smallest absolute Gasteiger partial charge is 0.106 e. The van der Waals surface area contributed by atoms with Gasteiger partial charge >= 0.3 is 0 Å². The van der Waals surface area contributed by atoms with Crippen LogP contribution in [0.15, 0.2) is 33.8 Å². The molecule has 0 radical (unpaired) electrons. The van der Waals surface area contributed by atoms with Crippen molar-refractivity contribution in [2.24, 2.45) is 5.16 Å². The van der Waals surface area contributed by atoms with E-state index < -0.39 is 0 Å². The molecule has 1 heterocycles. The number of hydrogen-bond acceptors (Lipinski definition) is 6. The van der Waals surface area contributed by atoms with Gasteiger partial charge in [0.15, 0.2) is 0 Å². The number of nitrogens with one attached hydrogen (secondary N) is 2. The van der Waals surface area contributed by atoms with Gasteiger partial charge in [-0.25, -0.2) is 4.98 Å². The molecule has 0 saturated heterocycles. The number of rotatable bonds is 12. The van der Waals surface area contributed by atoms with Crippen LogP contribution < -0.4 is 5.32 Å². The summed E-state index contributed by atoms with van der Waals surface area (Å²) in [5.74, 6) is 0.514. The van der Waals surface area contributed by atoms with E-state index in [1.54, 1.807) is 11.3 Å². The van der Waals surface area contributed by atoms with E-state index in [1.165, 1.54) is 35.4 Å². The predicted octanol–water partition coefficient (Wildman–Crippen LogP) is 8.50. The molecule has 0 aliphatic heterocycles. The molecular formula is C28H50N4OS. The molecule has 1 atom stereocenters. The van der Waals surface area contributed by atoms with Crippen LogP contribution in [0.2, 0.25) is 0 Å². The highest BCUT2D eigenvalue weighted by molar-refractivity contribution is 7.09. The number of nitrogens with zero attached hydrogens (tertiary/aromatic N) is 2. The highest BCUT2D eigenvalue weighted by atomic mass is 32.1. The molecule has 0 fully saturated rings. The molecule has 1 unspecified atom stereocenters. The second-order valence-corrected chi connectivity index (χ2v) is 9.00. The Kier molecular flexibility index (Phi) is 19.5. The first-order valence-corrected chi connectivity index (χ1v) is 14.3. The van der Waals surface area contributed by atoms with Crippen molar-refractivity contribution in [1.82, 2.24) is 10.3 Å². The Hall–Kier alpha value is -1.79. The van der Waals surface area contributed by atoms with Crippen LogP contribution in [0.3, 0.4) is 0 Å². The minimum absolute atomic E-state index is 0.514. The van der Waals surface area contributed by atoms with Crippen LogP contribution >= 0.6 is 11.3 Å². The average Bonchev–Trinajstić information content (AvgIpc) is 3.35. The third-order valence-electron chi connectivity index (χ3n) is 5.74. The molecule has 2 rings (SSSR count).